The molecule has 9 heteroatoms. The van der Waals surface area contributed by atoms with Gasteiger partial charge in [-0.15, -0.1) is 5.10 Å². The highest BCUT2D eigenvalue weighted by Crippen LogP contribution is 2.18. The highest BCUT2D eigenvalue weighted by atomic mass is 16.5. The molecule has 3 N–H and O–H groups in total. The van der Waals surface area contributed by atoms with Gasteiger partial charge in [-0.1, -0.05) is 5.21 Å². The first-order chi connectivity index (χ1) is 11.1. The minimum absolute atomic E-state index is 0.0238. The van der Waals surface area contributed by atoms with E-state index in [1.54, 1.807) is 24.4 Å². The smallest absolute Gasteiger partial charge is 0.412 e. The third-order valence-corrected chi connectivity index (χ3v) is 3.23. The largest absolute Gasteiger partial charge is 0.453 e. The third-order valence-electron chi connectivity index (χ3n) is 3.23. The van der Waals surface area contributed by atoms with Crippen LogP contribution < -0.4 is 11.1 Å². The third kappa shape index (κ3) is 2.98. The molecule has 0 bridgehead atoms. The fourth-order valence-electron chi connectivity index (χ4n) is 2.18. The van der Waals surface area contributed by atoms with Gasteiger partial charge in [-0.2, -0.15) is 0 Å². The highest BCUT2D eigenvalue weighted by molar-refractivity contribution is 5.93. The normalized spacial score (nSPS) is 10.7. The topological polar surface area (TPSA) is 117 Å². The zero-order valence-corrected chi connectivity index (χ0v) is 12.3. The molecule has 0 unspecified atom stereocenters. The zero-order valence-electron chi connectivity index (χ0n) is 12.3. The second kappa shape index (κ2) is 5.79. The molecule has 0 atom stereocenters. The van der Waals surface area contributed by atoms with Gasteiger partial charge in [0.2, 0.25) is 0 Å². The van der Waals surface area contributed by atoms with E-state index in [2.05, 4.69) is 20.4 Å². The molecule has 0 aliphatic rings. The van der Waals surface area contributed by atoms with Gasteiger partial charge in [-0.3, -0.25) is 14.7 Å². The number of ether oxygens (including phenoxy) is 1. The van der Waals surface area contributed by atoms with E-state index in [4.69, 9.17) is 5.73 Å². The first-order valence-electron chi connectivity index (χ1n) is 6.72. The Kier molecular flexibility index (Phi) is 3.67. The molecule has 0 radical (unpaired) electrons. The Morgan fingerprint density at radius 3 is 2.96 bits per heavy atom. The Morgan fingerprint density at radius 1 is 1.35 bits per heavy atom. The van der Waals surface area contributed by atoms with Crippen molar-refractivity contribution in [2.75, 3.05) is 18.2 Å². The van der Waals surface area contributed by atoms with E-state index >= 15 is 0 Å². The van der Waals surface area contributed by atoms with Gasteiger partial charge in [0.25, 0.3) is 5.91 Å². The van der Waals surface area contributed by atoms with Gasteiger partial charge in [0.1, 0.15) is 6.54 Å². The number of nitrogen functional groups attached to an aromatic ring is 1. The molecule has 0 saturated heterocycles. The summed E-state index contributed by atoms with van der Waals surface area (Å²) in [4.78, 5) is 23.5. The quantitative estimate of drug-likeness (QED) is 0.704. The van der Waals surface area contributed by atoms with Crippen molar-refractivity contribution in [2.45, 2.75) is 6.54 Å². The minimum atomic E-state index is -0.655. The van der Waals surface area contributed by atoms with Crippen LogP contribution >= 0.6 is 0 Å². The van der Waals surface area contributed by atoms with Crippen molar-refractivity contribution in [1.82, 2.24) is 19.6 Å². The maximum Gasteiger partial charge on any atom is 0.412 e. The molecular weight excluding hydrogens is 300 g/mol. The number of rotatable bonds is 3. The Labute approximate surface area is 130 Å². The van der Waals surface area contributed by atoms with Gasteiger partial charge in [-0.05, 0) is 24.3 Å². The van der Waals surface area contributed by atoms with E-state index in [1.807, 2.05) is 6.07 Å². The van der Waals surface area contributed by atoms with Crippen molar-refractivity contribution in [1.29, 1.82) is 0 Å². The van der Waals surface area contributed by atoms with Crippen LogP contribution in [-0.4, -0.2) is 38.7 Å². The number of aromatic nitrogens is 4. The highest BCUT2D eigenvalue weighted by Gasteiger charge is 2.12. The Morgan fingerprint density at radius 2 is 2.17 bits per heavy atom. The molecule has 0 aliphatic heterocycles. The molecule has 3 aromatic rings. The van der Waals surface area contributed by atoms with E-state index < -0.39 is 6.09 Å². The summed E-state index contributed by atoms with van der Waals surface area (Å²) in [7, 11) is 1.24. The number of nitrogens with one attached hydrogen (secondary N) is 1. The van der Waals surface area contributed by atoms with Gasteiger partial charge in [0, 0.05) is 17.3 Å². The standard InChI is InChI=1S/C14H14N6O3/c1-23-14(22)16-12-7-19(18-17-12)8-13(21)20-5-4-9-6-10(15)2-3-11(9)20/h2-7H,8,15H2,1H3,(H,16,22). The average molecular weight is 314 g/mol. The summed E-state index contributed by atoms with van der Waals surface area (Å²) in [5.74, 6) is 0.00840. The molecule has 1 aromatic carbocycles. The molecule has 2 aromatic heterocycles. The average Bonchev–Trinajstić information content (AvgIpc) is 3.13. The summed E-state index contributed by atoms with van der Waals surface area (Å²) in [5, 5.41) is 10.8. The minimum Gasteiger partial charge on any atom is -0.453 e. The Bertz CT molecular complexity index is 882. The molecule has 118 valence electrons. The van der Waals surface area contributed by atoms with Gasteiger partial charge in [-0.25, -0.2) is 9.48 Å². The predicted octanol–water partition coefficient (Wildman–Crippen LogP) is 1.33. The summed E-state index contributed by atoms with van der Waals surface area (Å²) in [6.45, 7) is -0.0238. The number of carbonyl (C=O) groups excluding carboxylic acids is 2. The molecule has 0 spiro atoms. The number of fused-ring (bicyclic) bond motifs is 1. The molecule has 1 amide bonds. The van der Waals surface area contributed by atoms with E-state index in [1.165, 1.54) is 22.6 Å². The van der Waals surface area contributed by atoms with Gasteiger partial charge < -0.3 is 10.5 Å². The summed E-state index contributed by atoms with van der Waals surface area (Å²) >= 11 is 0. The number of anilines is 2. The van der Waals surface area contributed by atoms with Crippen LogP contribution in [-0.2, 0) is 11.3 Å². The summed E-state index contributed by atoms with van der Waals surface area (Å²) in [6, 6.07) is 7.14. The molecule has 3 rings (SSSR count). The fraction of sp³-hybridized carbons (Fsp3) is 0.143. The monoisotopic (exact) mass is 314 g/mol. The second-order valence-corrected chi connectivity index (χ2v) is 4.82. The predicted molar refractivity (Wildman–Crippen MR) is 83.0 cm³/mol. The molecule has 23 heavy (non-hydrogen) atoms. The number of hydrogen-bond acceptors (Lipinski definition) is 6. The van der Waals surface area contributed by atoms with Crippen LogP contribution in [0.3, 0.4) is 0 Å². The van der Waals surface area contributed by atoms with Crippen molar-refractivity contribution in [3.05, 3.63) is 36.7 Å². The molecule has 0 saturated carbocycles. The van der Waals surface area contributed by atoms with Gasteiger partial charge in [0.15, 0.2) is 5.82 Å². The van der Waals surface area contributed by atoms with E-state index in [-0.39, 0.29) is 18.3 Å². The second-order valence-electron chi connectivity index (χ2n) is 4.82. The lowest BCUT2D eigenvalue weighted by Crippen LogP contribution is -2.17. The van der Waals surface area contributed by atoms with Crippen LogP contribution in [0.4, 0.5) is 16.3 Å². The molecule has 0 fully saturated rings. The lowest BCUT2D eigenvalue weighted by atomic mass is 10.2. The molecule has 2 heterocycles. The first kappa shape index (κ1) is 14.6. The number of benzene rings is 1. The Balaban J connectivity index is 1.77. The molecule has 0 aliphatic carbocycles. The van der Waals surface area contributed by atoms with Crippen LogP contribution in [0.15, 0.2) is 36.7 Å². The summed E-state index contributed by atoms with van der Waals surface area (Å²) < 4.78 is 7.30. The van der Waals surface area contributed by atoms with Gasteiger partial charge >= 0.3 is 6.09 Å². The van der Waals surface area contributed by atoms with Crippen LogP contribution in [0, 0.1) is 0 Å². The van der Waals surface area contributed by atoms with E-state index in [0.29, 0.717) is 5.69 Å². The fourth-order valence-corrected chi connectivity index (χ4v) is 2.18. The SMILES string of the molecule is COC(=O)Nc1cn(CC(=O)n2ccc3cc(N)ccc32)nn1. The zero-order chi connectivity index (χ0) is 16.4. The van der Waals surface area contributed by atoms with Gasteiger partial charge in [0.05, 0.1) is 18.8 Å². The Hall–Kier alpha value is -3.36. The van der Waals surface area contributed by atoms with Crippen LogP contribution in [0.25, 0.3) is 10.9 Å². The molecular formula is C14H14N6O3. The number of amides is 1. The number of methoxy groups -OCH3 is 1. The van der Waals surface area contributed by atoms with Crippen LogP contribution in [0.1, 0.15) is 4.79 Å². The maximum atomic E-state index is 12.4. The lowest BCUT2D eigenvalue weighted by Gasteiger charge is -2.04. The van der Waals surface area contributed by atoms with Crippen LogP contribution in [0.5, 0.6) is 0 Å². The van der Waals surface area contributed by atoms with Crippen molar-refractivity contribution in [3.63, 3.8) is 0 Å². The van der Waals surface area contributed by atoms with E-state index in [0.717, 1.165) is 10.9 Å². The number of nitrogens with zero attached hydrogens (tertiary/aromatic N) is 4. The molecule has 9 nitrogen and oxygen atoms in total. The lowest BCUT2D eigenvalue weighted by molar-refractivity contribution is 0.0891. The summed E-state index contributed by atoms with van der Waals surface area (Å²) in [6.07, 6.45) is 2.47. The number of nitrogens with two attached hydrogens (primary N) is 1. The number of carbonyl (C=O) groups is 2. The van der Waals surface area contributed by atoms with Crippen molar-refractivity contribution in [2.24, 2.45) is 0 Å². The maximum absolute atomic E-state index is 12.4. The van der Waals surface area contributed by atoms with E-state index in [9.17, 15) is 9.59 Å². The number of hydrogen-bond donors (Lipinski definition) is 2. The van der Waals surface area contributed by atoms with Crippen molar-refractivity contribution < 1.29 is 14.3 Å². The van der Waals surface area contributed by atoms with Crippen molar-refractivity contribution >= 4 is 34.4 Å². The van der Waals surface area contributed by atoms with Crippen molar-refractivity contribution in [3.8, 4) is 0 Å². The first-order valence-corrected chi connectivity index (χ1v) is 6.72. The summed E-state index contributed by atoms with van der Waals surface area (Å²) in [5.41, 5.74) is 7.12. The van der Waals surface area contributed by atoms with Crippen LogP contribution in [0.2, 0.25) is 0 Å².